The molecule has 1 amide bonds. The Balaban J connectivity index is 1.48. The number of piperazine rings is 1. The molecule has 0 spiro atoms. The van der Waals surface area contributed by atoms with Crippen LogP contribution in [0.1, 0.15) is 0 Å². The lowest BCUT2D eigenvalue weighted by Crippen LogP contribution is -2.49. The van der Waals surface area contributed by atoms with Crippen LogP contribution >= 0.6 is 39.3 Å². The molecule has 1 aromatic carbocycles. The van der Waals surface area contributed by atoms with Crippen LogP contribution in [0.4, 0.5) is 5.82 Å². The molecule has 0 aliphatic carbocycles. The predicted molar refractivity (Wildman–Crippen MR) is 103 cm³/mol. The molecule has 0 radical (unpaired) electrons. The van der Waals surface area contributed by atoms with E-state index < -0.39 is 0 Å². The molecule has 2 heterocycles. The van der Waals surface area contributed by atoms with Crippen molar-refractivity contribution in [2.45, 2.75) is 4.90 Å². The van der Waals surface area contributed by atoms with Crippen molar-refractivity contribution < 1.29 is 4.79 Å². The lowest BCUT2D eigenvalue weighted by molar-refractivity contribution is -0.128. The van der Waals surface area contributed by atoms with Gasteiger partial charge in [0.05, 0.1) is 10.8 Å². The molecular weight excluding hydrogens is 410 g/mol. The van der Waals surface area contributed by atoms with Crippen LogP contribution in [0.3, 0.4) is 0 Å². The molecule has 1 aliphatic rings. The van der Waals surface area contributed by atoms with Crippen molar-refractivity contribution in [1.29, 1.82) is 0 Å². The normalized spacial score (nSPS) is 14.8. The third-order valence-electron chi connectivity index (χ3n) is 3.84. The number of pyridine rings is 1. The van der Waals surface area contributed by atoms with E-state index >= 15 is 0 Å². The number of anilines is 1. The van der Waals surface area contributed by atoms with Gasteiger partial charge in [0.15, 0.2) is 0 Å². The Hall–Kier alpha value is -1.24. The number of carbonyl (C=O) groups excluding carboxylic acids is 1. The SMILES string of the molecule is O=C(CSc1ccc(Br)cc1)N1CCN(c2ccc(Cl)cn2)CC1. The van der Waals surface area contributed by atoms with Gasteiger partial charge in [0.2, 0.25) is 5.91 Å². The van der Waals surface area contributed by atoms with Crippen LogP contribution in [0.25, 0.3) is 0 Å². The molecule has 1 saturated heterocycles. The summed E-state index contributed by atoms with van der Waals surface area (Å²) in [5.74, 6) is 1.57. The number of rotatable bonds is 4. The van der Waals surface area contributed by atoms with Gasteiger partial charge in [-0.15, -0.1) is 11.8 Å². The molecule has 0 bridgehead atoms. The van der Waals surface area contributed by atoms with Gasteiger partial charge in [-0.1, -0.05) is 27.5 Å². The lowest BCUT2D eigenvalue weighted by Gasteiger charge is -2.35. The maximum atomic E-state index is 12.4. The van der Waals surface area contributed by atoms with Crippen LogP contribution in [-0.4, -0.2) is 47.7 Å². The van der Waals surface area contributed by atoms with Crippen molar-refractivity contribution in [3.63, 3.8) is 0 Å². The number of benzene rings is 1. The van der Waals surface area contributed by atoms with Gasteiger partial charge >= 0.3 is 0 Å². The second-order valence-electron chi connectivity index (χ2n) is 5.45. The Morgan fingerprint density at radius 2 is 1.83 bits per heavy atom. The van der Waals surface area contributed by atoms with E-state index in [1.54, 1.807) is 18.0 Å². The minimum atomic E-state index is 0.187. The summed E-state index contributed by atoms with van der Waals surface area (Å²) in [5.41, 5.74) is 0. The third-order valence-corrected chi connectivity index (χ3v) is 5.59. The number of carbonyl (C=O) groups is 1. The van der Waals surface area contributed by atoms with Crippen molar-refractivity contribution in [3.05, 3.63) is 52.1 Å². The zero-order chi connectivity index (χ0) is 16.9. The van der Waals surface area contributed by atoms with Crippen molar-refractivity contribution in [1.82, 2.24) is 9.88 Å². The summed E-state index contributed by atoms with van der Waals surface area (Å²) in [5, 5.41) is 0.637. The van der Waals surface area contributed by atoms with Crippen LogP contribution < -0.4 is 4.90 Å². The number of thioether (sulfide) groups is 1. The summed E-state index contributed by atoms with van der Waals surface area (Å²) in [6.07, 6.45) is 1.66. The van der Waals surface area contributed by atoms with E-state index in [1.165, 1.54) is 0 Å². The summed E-state index contributed by atoms with van der Waals surface area (Å²) in [4.78, 5) is 21.9. The predicted octanol–water partition coefficient (Wildman–Crippen LogP) is 3.94. The Kier molecular flexibility index (Phi) is 6.03. The smallest absolute Gasteiger partial charge is 0.233 e. The van der Waals surface area contributed by atoms with Crippen LogP contribution in [0.15, 0.2) is 52.0 Å². The molecule has 3 rings (SSSR count). The van der Waals surface area contributed by atoms with E-state index in [0.717, 1.165) is 41.4 Å². The molecule has 0 unspecified atom stereocenters. The van der Waals surface area contributed by atoms with E-state index in [-0.39, 0.29) is 5.91 Å². The maximum Gasteiger partial charge on any atom is 0.233 e. The van der Waals surface area contributed by atoms with E-state index in [9.17, 15) is 4.79 Å². The highest BCUT2D eigenvalue weighted by Crippen LogP contribution is 2.22. The average molecular weight is 427 g/mol. The Morgan fingerprint density at radius 1 is 1.12 bits per heavy atom. The summed E-state index contributed by atoms with van der Waals surface area (Å²) in [6, 6.07) is 11.8. The van der Waals surface area contributed by atoms with Gasteiger partial charge < -0.3 is 9.80 Å². The van der Waals surface area contributed by atoms with Gasteiger partial charge in [-0.25, -0.2) is 4.98 Å². The lowest BCUT2D eigenvalue weighted by atomic mass is 10.3. The Bertz CT molecular complexity index is 688. The van der Waals surface area contributed by atoms with Gasteiger partial charge in [-0.05, 0) is 36.4 Å². The molecular formula is C17H17BrClN3OS. The van der Waals surface area contributed by atoms with Crippen molar-refractivity contribution in [2.75, 3.05) is 36.8 Å². The van der Waals surface area contributed by atoms with Crippen LogP contribution in [0.5, 0.6) is 0 Å². The zero-order valence-electron chi connectivity index (χ0n) is 13.0. The van der Waals surface area contributed by atoms with Crippen LogP contribution in [-0.2, 0) is 4.79 Å². The minimum Gasteiger partial charge on any atom is -0.353 e. The molecule has 7 heteroatoms. The molecule has 24 heavy (non-hydrogen) atoms. The first-order valence-corrected chi connectivity index (χ1v) is 9.80. The monoisotopic (exact) mass is 425 g/mol. The summed E-state index contributed by atoms with van der Waals surface area (Å²) in [7, 11) is 0. The van der Waals surface area contributed by atoms with E-state index in [2.05, 4.69) is 25.8 Å². The highest BCUT2D eigenvalue weighted by atomic mass is 79.9. The molecule has 1 aromatic heterocycles. The zero-order valence-corrected chi connectivity index (χ0v) is 16.1. The van der Waals surface area contributed by atoms with Crippen LogP contribution in [0.2, 0.25) is 5.02 Å². The Morgan fingerprint density at radius 3 is 2.46 bits per heavy atom. The molecule has 0 atom stereocenters. The quantitative estimate of drug-likeness (QED) is 0.694. The number of hydrogen-bond donors (Lipinski definition) is 0. The summed E-state index contributed by atoms with van der Waals surface area (Å²) >= 11 is 10.9. The van der Waals surface area contributed by atoms with Gasteiger partial charge in [0, 0.05) is 41.7 Å². The molecule has 1 aliphatic heterocycles. The van der Waals surface area contributed by atoms with Crippen molar-refractivity contribution in [2.24, 2.45) is 0 Å². The fraction of sp³-hybridized carbons (Fsp3) is 0.294. The van der Waals surface area contributed by atoms with Gasteiger partial charge in [0.25, 0.3) is 0 Å². The second kappa shape index (κ2) is 8.23. The summed E-state index contributed by atoms with van der Waals surface area (Å²) in [6.45, 7) is 3.04. The van der Waals surface area contributed by atoms with Gasteiger partial charge in [-0.3, -0.25) is 4.79 Å². The third kappa shape index (κ3) is 4.65. The first-order valence-electron chi connectivity index (χ1n) is 7.64. The van der Waals surface area contributed by atoms with Gasteiger partial charge in [0.1, 0.15) is 5.82 Å². The molecule has 4 nitrogen and oxygen atoms in total. The van der Waals surface area contributed by atoms with Crippen molar-refractivity contribution >= 4 is 51.0 Å². The first kappa shape index (κ1) is 17.6. The maximum absolute atomic E-state index is 12.4. The first-order chi connectivity index (χ1) is 11.6. The minimum absolute atomic E-state index is 0.187. The number of nitrogens with zero attached hydrogens (tertiary/aromatic N) is 3. The fourth-order valence-electron chi connectivity index (χ4n) is 2.51. The number of halogens is 2. The number of hydrogen-bond acceptors (Lipinski definition) is 4. The van der Waals surface area contributed by atoms with Crippen LogP contribution in [0, 0.1) is 0 Å². The standard InChI is InChI=1S/C17H17BrClN3OS/c18-13-1-4-15(5-2-13)24-12-17(23)22-9-7-21(8-10-22)16-6-3-14(19)11-20-16/h1-6,11H,7-10,12H2. The fourth-order valence-corrected chi connectivity index (χ4v) is 3.68. The molecule has 126 valence electrons. The highest BCUT2D eigenvalue weighted by Gasteiger charge is 2.21. The molecule has 0 N–H and O–H groups in total. The van der Waals surface area contributed by atoms with E-state index in [4.69, 9.17) is 11.6 Å². The van der Waals surface area contributed by atoms with E-state index in [0.29, 0.717) is 10.8 Å². The van der Waals surface area contributed by atoms with Gasteiger partial charge in [-0.2, -0.15) is 0 Å². The Labute approximate surface area is 159 Å². The largest absolute Gasteiger partial charge is 0.353 e. The number of aromatic nitrogens is 1. The average Bonchev–Trinajstić information content (AvgIpc) is 2.62. The topological polar surface area (TPSA) is 36.4 Å². The molecule has 2 aromatic rings. The second-order valence-corrected chi connectivity index (χ2v) is 7.85. The molecule has 1 fully saturated rings. The molecule has 0 saturated carbocycles. The van der Waals surface area contributed by atoms with E-state index in [1.807, 2.05) is 41.3 Å². The number of amides is 1. The highest BCUT2D eigenvalue weighted by molar-refractivity contribution is 9.10. The summed E-state index contributed by atoms with van der Waals surface area (Å²) < 4.78 is 1.05. The van der Waals surface area contributed by atoms with Crippen molar-refractivity contribution in [3.8, 4) is 0 Å².